The molecule has 0 fully saturated rings. The van der Waals surface area contributed by atoms with Crippen molar-refractivity contribution in [2.45, 2.75) is 18.9 Å². The van der Waals surface area contributed by atoms with E-state index < -0.39 is 0 Å². The van der Waals surface area contributed by atoms with E-state index in [4.69, 9.17) is 0 Å². The molecule has 0 aromatic carbocycles. The van der Waals surface area contributed by atoms with Crippen LogP contribution in [0, 0.1) is 0 Å². The smallest absolute Gasteiger partial charge is 0.245 e. The fraction of sp³-hybridized carbons (Fsp3) is 0.500. The van der Waals surface area contributed by atoms with Crippen molar-refractivity contribution in [3.05, 3.63) is 23.0 Å². The summed E-state index contributed by atoms with van der Waals surface area (Å²) < 4.78 is 1.82. The van der Waals surface area contributed by atoms with E-state index in [0.717, 1.165) is 18.5 Å². The maximum atomic E-state index is 11.9. The largest absolute Gasteiger partial charge is 0.347 e. The summed E-state index contributed by atoms with van der Waals surface area (Å²) in [4.78, 5) is 25.7. The molecule has 1 aliphatic heterocycles. The SMILES string of the molecule is CN1CCc2cn(C)c3c2C1CC(=O)C3=O. The van der Waals surface area contributed by atoms with Gasteiger partial charge in [-0.2, -0.15) is 0 Å². The van der Waals surface area contributed by atoms with Crippen LogP contribution in [0.15, 0.2) is 6.20 Å². The Bertz CT molecular complexity index is 501. The third-order valence-corrected chi connectivity index (χ3v) is 3.75. The topological polar surface area (TPSA) is 42.3 Å². The van der Waals surface area contributed by atoms with Gasteiger partial charge in [0.25, 0.3) is 0 Å². The first-order valence-electron chi connectivity index (χ1n) is 5.55. The van der Waals surface area contributed by atoms with E-state index in [9.17, 15) is 9.59 Å². The summed E-state index contributed by atoms with van der Waals surface area (Å²) in [5.41, 5.74) is 2.95. The van der Waals surface area contributed by atoms with Crippen molar-refractivity contribution in [1.82, 2.24) is 9.47 Å². The van der Waals surface area contributed by atoms with Crippen LogP contribution in [0.25, 0.3) is 0 Å². The highest BCUT2D eigenvalue weighted by Crippen LogP contribution is 2.38. The average Bonchev–Trinajstić information content (AvgIpc) is 2.57. The van der Waals surface area contributed by atoms with Gasteiger partial charge in [0.15, 0.2) is 0 Å². The Balaban J connectivity index is 2.27. The fourth-order valence-electron chi connectivity index (χ4n) is 2.89. The predicted octanol–water partition coefficient (Wildman–Crippen LogP) is 0.710. The minimum absolute atomic E-state index is 0.116. The van der Waals surface area contributed by atoms with Crippen LogP contribution in [0.4, 0.5) is 0 Å². The molecule has 0 amide bonds. The minimum Gasteiger partial charge on any atom is -0.347 e. The van der Waals surface area contributed by atoms with Crippen LogP contribution in [-0.4, -0.2) is 34.6 Å². The fourth-order valence-corrected chi connectivity index (χ4v) is 2.89. The minimum atomic E-state index is -0.310. The molecule has 1 unspecified atom stereocenters. The van der Waals surface area contributed by atoms with Crippen molar-refractivity contribution >= 4 is 11.6 Å². The number of hydrogen-bond donors (Lipinski definition) is 0. The van der Waals surface area contributed by atoms with E-state index in [0.29, 0.717) is 12.1 Å². The van der Waals surface area contributed by atoms with E-state index in [1.165, 1.54) is 5.56 Å². The summed E-state index contributed by atoms with van der Waals surface area (Å²) in [6.45, 7) is 0.961. The van der Waals surface area contributed by atoms with Gasteiger partial charge in [-0.05, 0) is 19.0 Å². The Morgan fingerprint density at radius 1 is 1.31 bits per heavy atom. The first-order chi connectivity index (χ1) is 7.59. The molecular weight excluding hydrogens is 204 g/mol. The predicted molar refractivity (Wildman–Crippen MR) is 58.4 cm³/mol. The number of hydrogen-bond acceptors (Lipinski definition) is 3. The molecule has 1 aromatic heterocycles. The standard InChI is InChI=1S/C12H14N2O2/c1-13-4-3-7-6-14(2)11-10(7)8(13)5-9(15)12(11)16/h6,8H,3-5H2,1-2H3. The van der Waals surface area contributed by atoms with E-state index in [1.54, 1.807) is 0 Å². The van der Waals surface area contributed by atoms with Crippen LogP contribution in [0.3, 0.4) is 0 Å². The molecule has 1 aromatic rings. The molecule has 1 atom stereocenters. The number of ketones is 2. The van der Waals surface area contributed by atoms with E-state index in [-0.39, 0.29) is 17.6 Å². The van der Waals surface area contributed by atoms with Crippen molar-refractivity contribution in [2.75, 3.05) is 13.6 Å². The molecule has 4 heteroatoms. The molecule has 2 aliphatic rings. The van der Waals surface area contributed by atoms with Crippen molar-refractivity contribution < 1.29 is 9.59 Å². The van der Waals surface area contributed by atoms with Gasteiger partial charge in [-0.15, -0.1) is 0 Å². The van der Waals surface area contributed by atoms with Gasteiger partial charge in [0.2, 0.25) is 11.6 Å². The van der Waals surface area contributed by atoms with Crippen molar-refractivity contribution in [2.24, 2.45) is 7.05 Å². The molecule has 4 nitrogen and oxygen atoms in total. The Morgan fingerprint density at radius 2 is 2.06 bits per heavy atom. The third-order valence-electron chi connectivity index (χ3n) is 3.75. The second-order valence-electron chi connectivity index (χ2n) is 4.73. The Labute approximate surface area is 93.8 Å². The molecule has 0 N–H and O–H groups in total. The highest BCUT2D eigenvalue weighted by Gasteiger charge is 2.40. The van der Waals surface area contributed by atoms with E-state index in [2.05, 4.69) is 4.90 Å². The molecule has 84 valence electrons. The Hall–Kier alpha value is -1.42. The second kappa shape index (κ2) is 3.04. The molecular formula is C12H14N2O2. The molecule has 0 saturated carbocycles. The summed E-state index contributed by atoms with van der Waals surface area (Å²) in [6, 6.07) is 0.116. The molecule has 0 radical (unpaired) electrons. The molecule has 1 aliphatic carbocycles. The molecule has 0 spiro atoms. The molecule has 16 heavy (non-hydrogen) atoms. The lowest BCUT2D eigenvalue weighted by atomic mass is 9.84. The van der Waals surface area contributed by atoms with Gasteiger partial charge in [0, 0.05) is 37.8 Å². The quantitative estimate of drug-likeness (QED) is 0.602. The first-order valence-corrected chi connectivity index (χ1v) is 5.55. The summed E-state index contributed by atoms with van der Waals surface area (Å²) in [5, 5.41) is 0. The van der Waals surface area contributed by atoms with Crippen LogP contribution in [-0.2, 0) is 18.3 Å². The molecule has 2 heterocycles. The number of Topliss-reactive ketones (excluding diaryl/α,β-unsaturated/α-hetero) is 2. The van der Waals surface area contributed by atoms with Gasteiger partial charge < -0.3 is 4.57 Å². The highest BCUT2D eigenvalue weighted by atomic mass is 16.2. The molecule has 0 saturated heterocycles. The lowest BCUT2D eigenvalue weighted by molar-refractivity contribution is -0.116. The Kier molecular flexibility index (Phi) is 1.86. The lowest BCUT2D eigenvalue weighted by Gasteiger charge is -2.35. The van der Waals surface area contributed by atoms with Crippen molar-refractivity contribution in [3.63, 3.8) is 0 Å². The van der Waals surface area contributed by atoms with Crippen LogP contribution < -0.4 is 0 Å². The maximum absolute atomic E-state index is 11.9. The van der Waals surface area contributed by atoms with E-state index >= 15 is 0 Å². The zero-order valence-electron chi connectivity index (χ0n) is 9.49. The summed E-state index contributed by atoms with van der Waals surface area (Å²) in [5.74, 6) is -0.561. The normalized spacial score (nSPS) is 24.8. The van der Waals surface area contributed by atoms with Gasteiger partial charge in [-0.3, -0.25) is 14.5 Å². The summed E-state index contributed by atoms with van der Waals surface area (Å²) in [6.07, 6.45) is 3.32. The number of nitrogens with zero attached hydrogens (tertiary/aromatic N) is 2. The van der Waals surface area contributed by atoms with Gasteiger partial charge in [0.1, 0.15) is 0 Å². The summed E-state index contributed by atoms with van der Waals surface area (Å²) in [7, 11) is 3.87. The van der Waals surface area contributed by atoms with Gasteiger partial charge in [0.05, 0.1) is 5.69 Å². The van der Waals surface area contributed by atoms with Gasteiger partial charge in [-0.25, -0.2) is 0 Å². The monoisotopic (exact) mass is 218 g/mol. The van der Waals surface area contributed by atoms with Crippen LogP contribution in [0.2, 0.25) is 0 Å². The first kappa shape index (κ1) is 9.78. The number of aromatic nitrogens is 1. The van der Waals surface area contributed by atoms with Crippen LogP contribution >= 0.6 is 0 Å². The highest BCUT2D eigenvalue weighted by molar-refractivity contribution is 6.44. The Morgan fingerprint density at radius 3 is 2.81 bits per heavy atom. The number of carbonyl (C=O) groups excluding carboxylic acids is 2. The van der Waals surface area contributed by atoms with Crippen LogP contribution in [0.1, 0.15) is 34.1 Å². The molecule has 0 bridgehead atoms. The number of rotatable bonds is 0. The number of aryl methyl sites for hydroxylation is 1. The zero-order valence-corrected chi connectivity index (χ0v) is 9.49. The number of likely N-dealkylation sites (N-methyl/N-ethyl adjacent to an activating group) is 1. The average molecular weight is 218 g/mol. The number of carbonyl (C=O) groups is 2. The van der Waals surface area contributed by atoms with E-state index in [1.807, 2.05) is 24.9 Å². The van der Waals surface area contributed by atoms with Crippen molar-refractivity contribution in [3.8, 4) is 0 Å². The maximum Gasteiger partial charge on any atom is 0.245 e. The summed E-state index contributed by atoms with van der Waals surface area (Å²) >= 11 is 0. The van der Waals surface area contributed by atoms with Gasteiger partial charge in [-0.1, -0.05) is 0 Å². The van der Waals surface area contributed by atoms with Crippen molar-refractivity contribution in [1.29, 1.82) is 0 Å². The molecule has 3 rings (SSSR count). The van der Waals surface area contributed by atoms with Crippen LogP contribution in [0.5, 0.6) is 0 Å². The second-order valence-corrected chi connectivity index (χ2v) is 4.73. The van der Waals surface area contributed by atoms with Gasteiger partial charge >= 0.3 is 0 Å². The zero-order chi connectivity index (χ0) is 11.4. The third kappa shape index (κ3) is 1.08. The lowest BCUT2D eigenvalue weighted by Crippen LogP contribution is -2.38.